The molecule has 0 aliphatic carbocycles. The summed E-state index contributed by atoms with van der Waals surface area (Å²) in [6, 6.07) is 16.6. The molecule has 0 radical (unpaired) electrons. The van der Waals surface area contributed by atoms with Gasteiger partial charge in [-0.2, -0.15) is 0 Å². The second-order valence-corrected chi connectivity index (χ2v) is 6.23. The first-order valence-electron chi connectivity index (χ1n) is 8.17. The van der Waals surface area contributed by atoms with Gasteiger partial charge in [0.2, 0.25) is 0 Å². The van der Waals surface area contributed by atoms with Crippen LogP contribution in [0.1, 0.15) is 17.0 Å². The molecular formula is C19H20N2O4. The van der Waals surface area contributed by atoms with E-state index in [1.807, 2.05) is 30.3 Å². The van der Waals surface area contributed by atoms with E-state index in [4.69, 9.17) is 4.74 Å². The fraction of sp³-hybridized carbons (Fsp3) is 0.316. The number of ether oxygens (including phenoxy) is 1. The molecule has 1 aliphatic rings. The van der Waals surface area contributed by atoms with Crippen molar-refractivity contribution in [2.24, 2.45) is 5.92 Å². The van der Waals surface area contributed by atoms with Gasteiger partial charge in [0.1, 0.15) is 0 Å². The summed E-state index contributed by atoms with van der Waals surface area (Å²) < 4.78 is 4.95. The molecule has 0 aromatic heterocycles. The molecule has 1 aliphatic heterocycles. The Bertz CT molecular complexity index is 763. The predicted octanol–water partition coefficient (Wildman–Crippen LogP) is 2.98. The molecular weight excluding hydrogens is 320 g/mol. The Morgan fingerprint density at radius 3 is 2.52 bits per heavy atom. The largest absolute Gasteiger partial charge is 0.469 e. The van der Waals surface area contributed by atoms with Crippen LogP contribution in [0.3, 0.4) is 0 Å². The van der Waals surface area contributed by atoms with Crippen LogP contribution in [-0.2, 0) is 16.1 Å². The SMILES string of the molecule is COC(=O)[C@@H]1CN(Cc2ccccc2)C[C@@H]1c1ccccc1[N+](=O)[O-]. The molecule has 0 bridgehead atoms. The summed E-state index contributed by atoms with van der Waals surface area (Å²) in [5.74, 6) is -0.980. The van der Waals surface area contributed by atoms with E-state index in [0.717, 1.165) is 5.56 Å². The number of rotatable bonds is 5. The Kier molecular flexibility index (Phi) is 5.09. The molecule has 0 N–H and O–H groups in total. The maximum Gasteiger partial charge on any atom is 0.310 e. The van der Waals surface area contributed by atoms with Crippen LogP contribution < -0.4 is 0 Å². The molecule has 2 atom stereocenters. The van der Waals surface area contributed by atoms with Crippen LogP contribution in [0.15, 0.2) is 54.6 Å². The summed E-state index contributed by atoms with van der Waals surface area (Å²) in [4.78, 5) is 25.4. The van der Waals surface area contributed by atoms with Crippen molar-refractivity contribution in [1.82, 2.24) is 4.90 Å². The Morgan fingerprint density at radius 2 is 1.84 bits per heavy atom. The van der Waals surface area contributed by atoms with Gasteiger partial charge in [-0.3, -0.25) is 19.8 Å². The number of para-hydroxylation sites is 1. The zero-order valence-corrected chi connectivity index (χ0v) is 14.0. The van der Waals surface area contributed by atoms with Gasteiger partial charge in [0.25, 0.3) is 5.69 Å². The smallest absolute Gasteiger partial charge is 0.310 e. The Hall–Kier alpha value is -2.73. The van der Waals surface area contributed by atoms with Gasteiger partial charge in [-0.1, -0.05) is 48.5 Å². The van der Waals surface area contributed by atoms with E-state index in [-0.39, 0.29) is 22.5 Å². The second-order valence-electron chi connectivity index (χ2n) is 6.23. The maximum absolute atomic E-state index is 12.3. The van der Waals surface area contributed by atoms with Crippen molar-refractivity contribution >= 4 is 11.7 Å². The van der Waals surface area contributed by atoms with E-state index in [2.05, 4.69) is 4.90 Å². The Morgan fingerprint density at radius 1 is 1.16 bits per heavy atom. The lowest BCUT2D eigenvalue weighted by atomic mass is 9.88. The van der Waals surface area contributed by atoms with Crippen LogP contribution in [-0.4, -0.2) is 36.0 Å². The van der Waals surface area contributed by atoms with Crippen LogP contribution in [0.4, 0.5) is 5.69 Å². The van der Waals surface area contributed by atoms with Crippen molar-refractivity contribution in [2.75, 3.05) is 20.2 Å². The number of nitrogens with zero attached hydrogens (tertiary/aromatic N) is 2. The van der Waals surface area contributed by atoms with Crippen molar-refractivity contribution in [3.05, 3.63) is 75.8 Å². The first-order valence-corrected chi connectivity index (χ1v) is 8.17. The number of nitro benzene ring substituents is 1. The highest BCUT2D eigenvalue weighted by Gasteiger charge is 2.41. The second kappa shape index (κ2) is 7.44. The van der Waals surface area contributed by atoms with E-state index < -0.39 is 5.92 Å². The number of methoxy groups -OCH3 is 1. The van der Waals surface area contributed by atoms with Crippen LogP contribution in [0.5, 0.6) is 0 Å². The first kappa shape index (κ1) is 17.1. The van der Waals surface area contributed by atoms with Gasteiger partial charge in [-0.05, 0) is 5.56 Å². The molecule has 6 heteroatoms. The minimum Gasteiger partial charge on any atom is -0.469 e. The molecule has 2 aromatic rings. The highest BCUT2D eigenvalue weighted by atomic mass is 16.6. The normalized spacial score (nSPS) is 20.4. The number of esters is 1. The molecule has 0 amide bonds. The van der Waals surface area contributed by atoms with E-state index in [0.29, 0.717) is 25.2 Å². The average molecular weight is 340 g/mol. The molecule has 1 saturated heterocycles. The minimum absolute atomic E-state index is 0.0583. The average Bonchev–Trinajstić information content (AvgIpc) is 3.05. The van der Waals surface area contributed by atoms with Crippen molar-refractivity contribution < 1.29 is 14.5 Å². The van der Waals surface area contributed by atoms with E-state index in [9.17, 15) is 14.9 Å². The molecule has 2 aromatic carbocycles. The fourth-order valence-electron chi connectivity index (χ4n) is 3.53. The number of carbonyl (C=O) groups excluding carboxylic acids is 1. The van der Waals surface area contributed by atoms with Crippen molar-refractivity contribution in [3.63, 3.8) is 0 Å². The Balaban J connectivity index is 1.88. The maximum atomic E-state index is 12.3. The summed E-state index contributed by atoms with van der Waals surface area (Å²) in [7, 11) is 1.36. The molecule has 1 heterocycles. The van der Waals surface area contributed by atoms with E-state index in [1.54, 1.807) is 18.2 Å². The van der Waals surface area contributed by atoms with Crippen molar-refractivity contribution in [2.45, 2.75) is 12.5 Å². The summed E-state index contributed by atoms with van der Waals surface area (Å²) in [5, 5.41) is 11.4. The number of likely N-dealkylation sites (tertiary alicyclic amines) is 1. The summed E-state index contributed by atoms with van der Waals surface area (Å²) in [6.07, 6.45) is 0. The molecule has 25 heavy (non-hydrogen) atoms. The fourth-order valence-corrected chi connectivity index (χ4v) is 3.53. The van der Waals surface area contributed by atoms with Gasteiger partial charge in [0, 0.05) is 37.2 Å². The highest BCUT2D eigenvalue weighted by Crippen LogP contribution is 2.38. The minimum atomic E-state index is -0.408. The van der Waals surface area contributed by atoms with E-state index in [1.165, 1.54) is 13.2 Å². The van der Waals surface area contributed by atoms with Gasteiger partial charge >= 0.3 is 5.97 Å². The monoisotopic (exact) mass is 340 g/mol. The van der Waals surface area contributed by atoms with Crippen LogP contribution in [0.2, 0.25) is 0 Å². The Labute approximate surface area is 146 Å². The molecule has 0 spiro atoms. The van der Waals surface area contributed by atoms with Gasteiger partial charge < -0.3 is 4.74 Å². The summed E-state index contributed by atoms with van der Waals surface area (Å²) in [6.45, 7) is 1.81. The zero-order chi connectivity index (χ0) is 17.8. The number of hydrogen-bond acceptors (Lipinski definition) is 5. The lowest BCUT2D eigenvalue weighted by molar-refractivity contribution is -0.385. The number of hydrogen-bond donors (Lipinski definition) is 0. The van der Waals surface area contributed by atoms with Crippen molar-refractivity contribution in [3.8, 4) is 0 Å². The third kappa shape index (κ3) is 3.69. The van der Waals surface area contributed by atoms with Gasteiger partial charge in [0.15, 0.2) is 0 Å². The zero-order valence-electron chi connectivity index (χ0n) is 14.0. The predicted molar refractivity (Wildman–Crippen MR) is 93.1 cm³/mol. The molecule has 6 nitrogen and oxygen atoms in total. The lowest BCUT2D eigenvalue weighted by Gasteiger charge is -2.16. The van der Waals surface area contributed by atoms with Gasteiger partial charge in [-0.25, -0.2) is 0 Å². The number of benzene rings is 2. The van der Waals surface area contributed by atoms with Gasteiger partial charge in [-0.15, -0.1) is 0 Å². The van der Waals surface area contributed by atoms with Crippen LogP contribution in [0, 0.1) is 16.0 Å². The van der Waals surface area contributed by atoms with Gasteiger partial charge in [0.05, 0.1) is 18.0 Å². The summed E-state index contributed by atoms with van der Waals surface area (Å²) >= 11 is 0. The molecule has 0 saturated carbocycles. The molecule has 0 unspecified atom stereocenters. The lowest BCUT2D eigenvalue weighted by Crippen LogP contribution is -2.24. The summed E-state index contributed by atoms with van der Waals surface area (Å²) in [5.41, 5.74) is 1.80. The van der Waals surface area contributed by atoms with E-state index >= 15 is 0 Å². The third-order valence-electron chi connectivity index (χ3n) is 4.68. The molecule has 1 fully saturated rings. The van der Waals surface area contributed by atoms with Crippen LogP contribution >= 0.6 is 0 Å². The molecule has 3 rings (SSSR count). The van der Waals surface area contributed by atoms with Crippen LogP contribution in [0.25, 0.3) is 0 Å². The quantitative estimate of drug-likeness (QED) is 0.475. The molecule has 130 valence electrons. The standard InChI is InChI=1S/C19H20N2O4/c1-25-19(22)17-13-20(11-14-7-3-2-4-8-14)12-16(17)15-9-5-6-10-18(15)21(23)24/h2-10,16-17H,11-13H2,1H3/t16-,17-/m1/s1. The third-order valence-corrected chi connectivity index (χ3v) is 4.68. The number of carbonyl (C=O) groups is 1. The highest BCUT2D eigenvalue weighted by molar-refractivity contribution is 5.75. The topological polar surface area (TPSA) is 72.7 Å². The first-order chi connectivity index (χ1) is 12.1. The number of nitro groups is 1. The van der Waals surface area contributed by atoms with Crippen molar-refractivity contribution in [1.29, 1.82) is 0 Å².